The second kappa shape index (κ2) is 4.95. The van der Waals surface area contributed by atoms with E-state index in [1.165, 1.54) is 5.06 Å². The Hall–Kier alpha value is -1.23. The van der Waals surface area contributed by atoms with E-state index in [-0.39, 0.29) is 6.10 Å². The molecule has 1 heterocycles. The molecule has 0 unspecified atom stereocenters. The molecule has 0 spiro atoms. The van der Waals surface area contributed by atoms with E-state index in [0.717, 1.165) is 16.3 Å². The molecule has 5 nitrogen and oxygen atoms in total. The molecular formula is C14H16NO4P. The summed E-state index contributed by atoms with van der Waals surface area (Å²) in [5.41, 5.74) is 0.937. The second-order valence-electron chi connectivity index (χ2n) is 5.05. The predicted octanol–water partition coefficient (Wildman–Crippen LogP) is 2.65. The third-order valence-electron chi connectivity index (χ3n) is 3.67. The lowest BCUT2D eigenvalue weighted by atomic mass is 10.0. The largest absolute Gasteiger partial charge is 0.345 e. The van der Waals surface area contributed by atoms with Crippen LogP contribution in [0, 0.1) is 0 Å². The Kier molecular flexibility index (Phi) is 3.40. The molecule has 2 aromatic rings. The topological polar surface area (TPSA) is 70.0 Å². The predicted molar refractivity (Wildman–Crippen MR) is 76.0 cm³/mol. The van der Waals surface area contributed by atoms with Gasteiger partial charge in [-0.05, 0) is 22.4 Å². The van der Waals surface area contributed by atoms with Gasteiger partial charge in [0.05, 0.1) is 0 Å². The molecule has 3 rings (SSSR count). The average Bonchev–Trinajstić information content (AvgIpc) is 2.80. The maximum atomic E-state index is 11.4. The van der Waals surface area contributed by atoms with Gasteiger partial charge in [0.1, 0.15) is 11.9 Å². The number of rotatable bonds is 2. The van der Waals surface area contributed by atoms with Gasteiger partial charge in [0.2, 0.25) is 0 Å². The molecule has 1 aliphatic rings. The molecule has 2 aromatic carbocycles. The van der Waals surface area contributed by atoms with Crippen LogP contribution in [0.3, 0.4) is 0 Å². The Labute approximate surface area is 116 Å². The molecule has 2 N–H and O–H groups in total. The Morgan fingerprint density at radius 2 is 1.90 bits per heavy atom. The van der Waals surface area contributed by atoms with Crippen LogP contribution in [0.15, 0.2) is 42.5 Å². The lowest BCUT2D eigenvalue weighted by Gasteiger charge is -2.17. The van der Waals surface area contributed by atoms with E-state index in [9.17, 15) is 14.4 Å². The van der Waals surface area contributed by atoms with Gasteiger partial charge in [-0.2, -0.15) is 5.06 Å². The Morgan fingerprint density at radius 3 is 2.55 bits per heavy atom. The summed E-state index contributed by atoms with van der Waals surface area (Å²) in [6.07, 6.45) is -0.0266. The average molecular weight is 293 g/mol. The van der Waals surface area contributed by atoms with E-state index in [1.807, 2.05) is 42.5 Å². The van der Waals surface area contributed by atoms with Crippen LogP contribution in [-0.2, 0) is 9.40 Å². The second-order valence-corrected chi connectivity index (χ2v) is 6.83. The molecule has 0 amide bonds. The van der Waals surface area contributed by atoms with Gasteiger partial charge in [0.15, 0.2) is 0 Å². The Balaban J connectivity index is 1.91. The fraction of sp³-hybridized carbons (Fsp3) is 0.286. The molecule has 6 heteroatoms. The van der Waals surface area contributed by atoms with Crippen LogP contribution in [-0.4, -0.2) is 27.7 Å². The van der Waals surface area contributed by atoms with Gasteiger partial charge in [-0.3, -0.25) is 9.40 Å². The van der Waals surface area contributed by atoms with Crippen molar-refractivity contribution in [1.29, 1.82) is 0 Å². The minimum atomic E-state index is -4.17. The Bertz CT molecular complexity index is 684. The maximum Gasteiger partial charge on any atom is 0.345 e. The summed E-state index contributed by atoms with van der Waals surface area (Å²) in [5.74, 6) is -0.876. The third-order valence-corrected chi connectivity index (χ3v) is 4.98. The highest BCUT2D eigenvalue weighted by molar-refractivity contribution is 7.52. The van der Waals surface area contributed by atoms with Gasteiger partial charge in [-0.15, -0.1) is 0 Å². The van der Waals surface area contributed by atoms with Gasteiger partial charge in [0, 0.05) is 13.5 Å². The molecule has 0 saturated carbocycles. The molecule has 2 atom stereocenters. The van der Waals surface area contributed by atoms with Crippen molar-refractivity contribution < 1.29 is 19.2 Å². The van der Waals surface area contributed by atoms with Crippen molar-refractivity contribution in [2.45, 2.75) is 18.3 Å². The number of hydrogen-bond donors (Lipinski definition) is 2. The maximum absolute atomic E-state index is 11.4. The Morgan fingerprint density at radius 1 is 1.20 bits per heavy atom. The van der Waals surface area contributed by atoms with Crippen molar-refractivity contribution in [3.05, 3.63) is 48.0 Å². The van der Waals surface area contributed by atoms with Gasteiger partial charge in [-0.1, -0.05) is 36.4 Å². The summed E-state index contributed by atoms with van der Waals surface area (Å²) in [6.45, 7) is 0. The lowest BCUT2D eigenvalue weighted by molar-refractivity contribution is -0.136. The van der Waals surface area contributed by atoms with Crippen LogP contribution in [0.25, 0.3) is 10.8 Å². The van der Waals surface area contributed by atoms with Crippen LogP contribution >= 0.6 is 7.60 Å². The monoisotopic (exact) mass is 293 g/mol. The molecule has 106 valence electrons. The molecule has 1 saturated heterocycles. The van der Waals surface area contributed by atoms with E-state index in [2.05, 4.69) is 0 Å². The van der Waals surface area contributed by atoms with Crippen LogP contribution in [0.2, 0.25) is 0 Å². The van der Waals surface area contributed by atoms with Gasteiger partial charge in [-0.25, -0.2) is 0 Å². The van der Waals surface area contributed by atoms with E-state index >= 15 is 0 Å². The van der Waals surface area contributed by atoms with E-state index in [0.29, 0.717) is 6.42 Å². The summed E-state index contributed by atoms with van der Waals surface area (Å²) in [4.78, 5) is 24.2. The number of hydrogen-bond acceptors (Lipinski definition) is 3. The normalized spacial score (nSPS) is 24.4. The smallest absolute Gasteiger partial charge is 0.323 e. The highest BCUT2D eigenvalue weighted by Gasteiger charge is 2.42. The standard InChI is InChI=1S/C14H16NO4P/c1-15-14(20(16,17)18)9-13(19-15)12-7-6-10-4-2-3-5-11(10)8-12/h2-8,13-14H,9H2,1H3,(H2,16,17,18)/t13-,14+/m0/s1. The highest BCUT2D eigenvalue weighted by Crippen LogP contribution is 2.51. The molecular weight excluding hydrogens is 277 g/mol. The van der Waals surface area contributed by atoms with Gasteiger partial charge < -0.3 is 9.79 Å². The summed E-state index contributed by atoms with van der Waals surface area (Å²) in [6, 6.07) is 13.9. The zero-order valence-corrected chi connectivity index (χ0v) is 11.9. The molecule has 0 radical (unpaired) electrons. The van der Waals surface area contributed by atoms with Crippen molar-refractivity contribution in [3.63, 3.8) is 0 Å². The number of hydroxylamine groups is 2. The lowest BCUT2D eigenvalue weighted by Crippen LogP contribution is -2.23. The van der Waals surface area contributed by atoms with Crippen LogP contribution < -0.4 is 0 Å². The first-order valence-corrected chi connectivity index (χ1v) is 8.07. The molecule has 0 bridgehead atoms. The van der Waals surface area contributed by atoms with Crippen LogP contribution in [0.5, 0.6) is 0 Å². The third kappa shape index (κ3) is 2.51. The van der Waals surface area contributed by atoms with Crippen molar-refractivity contribution in [1.82, 2.24) is 5.06 Å². The first-order chi connectivity index (χ1) is 9.45. The number of nitrogens with zero attached hydrogens (tertiary/aromatic N) is 1. The van der Waals surface area contributed by atoms with Gasteiger partial charge in [0.25, 0.3) is 0 Å². The minimum absolute atomic E-state index is 0.291. The van der Waals surface area contributed by atoms with E-state index < -0.39 is 13.4 Å². The fourth-order valence-electron chi connectivity index (χ4n) is 2.61. The first kappa shape index (κ1) is 13.7. The van der Waals surface area contributed by atoms with E-state index in [1.54, 1.807) is 7.05 Å². The molecule has 1 aliphatic heterocycles. The quantitative estimate of drug-likeness (QED) is 0.833. The van der Waals surface area contributed by atoms with Crippen LogP contribution in [0.1, 0.15) is 18.1 Å². The summed E-state index contributed by atoms with van der Waals surface area (Å²) < 4.78 is 11.4. The minimum Gasteiger partial charge on any atom is -0.323 e. The first-order valence-electron chi connectivity index (χ1n) is 6.39. The molecule has 1 fully saturated rings. The molecule has 0 aromatic heterocycles. The fourth-order valence-corrected chi connectivity index (χ4v) is 3.55. The molecule has 20 heavy (non-hydrogen) atoms. The zero-order valence-electron chi connectivity index (χ0n) is 11.0. The van der Waals surface area contributed by atoms with Crippen molar-refractivity contribution in [2.75, 3.05) is 7.05 Å². The van der Waals surface area contributed by atoms with E-state index in [4.69, 9.17) is 4.84 Å². The SMILES string of the molecule is CN1O[C@H](c2ccc3ccccc3c2)C[C@H]1P(=O)(O)O. The van der Waals surface area contributed by atoms with Crippen molar-refractivity contribution in [2.24, 2.45) is 0 Å². The molecule has 0 aliphatic carbocycles. The van der Waals surface area contributed by atoms with Crippen molar-refractivity contribution >= 4 is 18.4 Å². The number of fused-ring (bicyclic) bond motifs is 1. The highest BCUT2D eigenvalue weighted by atomic mass is 31.2. The zero-order chi connectivity index (χ0) is 14.3. The van der Waals surface area contributed by atoms with Crippen LogP contribution in [0.4, 0.5) is 0 Å². The van der Waals surface area contributed by atoms with Crippen molar-refractivity contribution in [3.8, 4) is 0 Å². The van der Waals surface area contributed by atoms with Gasteiger partial charge >= 0.3 is 7.60 Å². The number of benzene rings is 2. The summed E-state index contributed by atoms with van der Waals surface area (Å²) >= 11 is 0. The summed E-state index contributed by atoms with van der Waals surface area (Å²) in [7, 11) is -2.61. The summed E-state index contributed by atoms with van der Waals surface area (Å²) in [5, 5.41) is 3.51.